The zero-order valence-electron chi connectivity index (χ0n) is 9.85. The molecular formula is C13H15BrN2S. The van der Waals surface area contributed by atoms with E-state index < -0.39 is 0 Å². The van der Waals surface area contributed by atoms with Gasteiger partial charge in [0.25, 0.3) is 0 Å². The molecule has 2 atom stereocenters. The fraction of sp³-hybridized carbons (Fsp3) is 0.308. The fourth-order valence-electron chi connectivity index (χ4n) is 1.77. The predicted octanol–water partition coefficient (Wildman–Crippen LogP) is 4.32. The highest BCUT2D eigenvalue weighted by Crippen LogP contribution is 2.28. The maximum absolute atomic E-state index is 4.04. The number of nitrogens with one attached hydrogen (secondary N) is 1. The first-order chi connectivity index (χ1) is 8.16. The summed E-state index contributed by atoms with van der Waals surface area (Å²) in [5.41, 5.74) is 1.27. The van der Waals surface area contributed by atoms with Gasteiger partial charge < -0.3 is 5.32 Å². The molecule has 0 radical (unpaired) electrons. The largest absolute Gasteiger partial charge is 0.303 e. The third-order valence-corrected chi connectivity index (χ3v) is 4.53. The summed E-state index contributed by atoms with van der Waals surface area (Å²) in [4.78, 5) is 5.38. The molecule has 4 heteroatoms. The van der Waals surface area contributed by atoms with Gasteiger partial charge in [-0.15, -0.1) is 11.3 Å². The molecule has 17 heavy (non-hydrogen) atoms. The molecule has 0 aliphatic heterocycles. The number of thiophene rings is 1. The Morgan fingerprint density at radius 1 is 1.12 bits per heavy atom. The molecule has 1 N–H and O–H groups in total. The van der Waals surface area contributed by atoms with E-state index in [1.807, 2.05) is 12.4 Å². The van der Waals surface area contributed by atoms with Crippen molar-refractivity contribution < 1.29 is 0 Å². The Bertz CT molecular complexity index is 469. The third-order valence-electron chi connectivity index (χ3n) is 2.73. The van der Waals surface area contributed by atoms with Crippen molar-refractivity contribution in [3.63, 3.8) is 0 Å². The number of nitrogens with zero attached hydrogens (tertiary/aromatic N) is 1. The lowest BCUT2D eigenvalue weighted by Crippen LogP contribution is -2.21. The average Bonchev–Trinajstić information content (AvgIpc) is 2.77. The zero-order chi connectivity index (χ0) is 12.3. The molecule has 2 aromatic rings. The topological polar surface area (TPSA) is 24.9 Å². The van der Waals surface area contributed by atoms with Crippen LogP contribution in [0.4, 0.5) is 0 Å². The van der Waals surface area contributed by atoms with Gasteiger partial charge in [0, 0.05) is 29.4 Å². The van der Waals surface area contributed by atoms with Gasteiger partial charge in [-0.05, 0) is 59.6 Å². The molecule has 0 saturated heterocycles. The number of hydrogen-bond donors (Lipinski definition) is 1. The minimum Gasteiger partial charge on any atom is -0.303 e. The normalized spacial score (nSPS) is 14.5. The molecule has 1 unspecified atom stereocenters. The van der Waals surface area contributed by atoms with Crippen LogP contribution in [-0.4, -0.2) is 4.98 Å². The zero-order valence-corrected chi connectivity index (χ0v) is 12.3. The van der Waals surface area contributed by atoms with Crippen molar-refractivity contribution in [2.75, 3.05) is 0 Å². The van der Waals surface area contributed by atoms with E-state index in [-0.39, 0.29) is 0 Å². The minimum absolute atomic E-state index is 0.328. The number of pyridine rings is 1. The molecule has 90 valence electrons. The number of halogens is 1. The van der Waals surface area contributed by atoms with E-state index in [1.165, 1.54) is 14.2 Å². The number of rotatable bonds is 4. The van der Waals surface area contributed by atoms with E-state index in [4.69, 9.17) is 0 Å². The molecule has 0 fully saturated rings. The van der Waals surface area contributed by atoms with Gasteiger partial charge in [-0.25, -0.2) is 0 Å². The van der Waals surface area contributed by atoms with Crippen LogP contribution in [0.25, 0.3) is 0 Å². The highest BCUT2D eigenvalue weighted by Gasteiger charge is 2.12. The molecule has 2 rings (SSSR count). The highest BCUT2D eigenvalue weighted by molar-refractivity contribution is 9.11. The fourth-order valence-corrected chi connectivity index (χ4v) is 3.20. The summed E-state index contributed by atoms with van der Waals surface area (Å²) in [7, 11) is 0. The summed E-state index contributed by atoms with van der Waals surface area (Å²) < 4.78 is 1.18. The Balaban J connectivity index is 2.02. The van der Waals surface area contributed by atoms with Gasteiger partial charge in [0.15, 0.2) is 0 Å². The van der Waals surface area contributed by atoms with Crippen LogP contribution in [0.3, 0.4) is 0 Å². The lowest BCUT2D eigenvalue weighted by Gasteiger charge is -2.19. The van der Waals surface area contributed by atoms with Gasteiger partial charge in [0.1, 0.15) is 0 Å². The van der Waals surface area contributed by atoms with E-state index >= 15 is 0 Å². The van der Waals surface area contributed by atoms with Crippen molar-refractivity contribution in [3.05, 3.63) is 50.9 Å². The summed E-state index contributed by atoms with van der Waals surface area (Å²) in [6.45, 7) is 4.37. The molecule has 2 heterocycles. The van der Waals surface area contributed by atoms with Crippen molar-refractivity contribution in [2.24, 2.45) is 0 Å². The lowest BCUT2D eigenvalue weighted by molar-refractivity contribution is 0.500. The van der Waals surface area contributed by atoms with Crippen LogP contribution < -0.4 is 5.32 Å². The van der Waals surface area contributed by atoms with E-state index in [9.17, 15) is 0 Å². The van der Waals surface area contributed by atoms with Crippen molar-refractivity contribution in [3.8, 4) is 0 Å². The van der Waals surface area contributed by atoms with E-state index in [2.05, 4.69) is 64.3 Å². The maximum atomic E-state index is 4.04. The number of aromatic nitrogens is 1. The second kappa shape index (κ2) is 5.76. The Morgan fingerprint density at radius 3 is 2.41 bits per heavy atom. The summed E-state index contributed by atoms with van der Waals surface area (Å²) >= 11 is 5.27. The molecule has 2 nitrogen and oxygen atoms in total. The van der Waals surface area contributed by atoms with E-state index in [0.717, 1.165) is 0 Å². The Labute approximate surface area is 114 Å². The van der Waals surface area contributed by atoms with Crippen LogP contribution >= 0.6 is 27.3 Å². The molecule has 2 aromatic heterocycles. The van der Waals surface area contributed by atoms with Gasteiger partial charge in [0.05, 0.1) is 3.79 Å². The Hall–Kier alpha value is -0.710. The van der Waals surface area contributed by atoms with Crippen molar-refractivity contribution in [1.82, 2.24) is 10.3 Å². The SMILES string of the molecule is CC(N[C@H](C)c1ccncc1)c1ccc(Br)s1. The van der Waals surface area contributed by atoms with Crippen LogP contribution in [0.2, 0.25) is 0 Å². The number of hydrogen-bond acceptors (Lipinski definition) is 3. The first-order valence-electron chi connectivity index (χ1n) is 5.58. The molecule has 0 amide bonds. The molecule has 0 aliphatic rings. The minimum atomic E-state index is 0.328. The highest BCUT2D eigenvalue weighted by atomic mass is 79.9. The third kappa shape index (κ3) is 3.37. The molecule has 0 aromatic carbocycles. The summed E-state index contributed by atoms with van der Waals surface area (Å²) in [6.07, 6.45) is 3.67. The quantitative estimate of drug-likeness (QED) is 0.909. The first kappa shape index (κ1) is 12.7. The van der Waals surface area contributed by atoms with E-state index in [1.54, 1.807) is 11.3 Å². The van der Waals surface area contributed by atoms with Gasteiger partial charge in [0.2, 0.25) is 0 Å². The maximum Gasteiger partial charge on any atom is 0.0701 e. The summed E-state index contributed by atoms with van der Waals surface area (Å²) in [5, 5.41) is 3.59. The van der Waals surface area contributed by atoms with Crippen molar-refractivity contribution >= 4 is 27.3 Å². The Morgan fingerprint density at radius 2 is 1.82 bits per heavy atom. The second-order valence-electron chi connectivity index (χ2n) is 4.03. The van der Waals surface area contributed by atoms with Crippen LogP contribution in [-0.2, 0) is 0 Å². The van der Waals surface area contributed by atoms with E-state index in [0.29, 0.717) is 12.1 Å². The standard InChI is InChI=1S/C13H15BrN2S/c1-9(11-5-7-15-8-6-11)16-10(2)12-3-4-13(14)17-12/h3-10,16H,1-2H3/t9-,10?/m1/s1. The van der Waals surface area contributed by atoms with Gasteiger partial charge >= 0.3 is 0 Å². The van der Waals surface area contributed by atoms with Crippen LogP contribution in [0.5, 0.6) is 0 Å². The predicted molar refractivity (Wildman–Crippen MR) is 76.2 cm³/mol. The van der Waals surface area contributed by atoms with Gasteiger partial charge in [-0.3, -0.25) is 4.98 Å². The molecule has 0 saturated carbocycles. The van der Waals surface area contributed by atoms with Gasteiger partial charge in [-0.1, -0.05) is 0 Å². The molecule has 0 aliphatic carbocycles. The van der Waals surface area contributed by atoms with Crippen LogP contribution in [0.1, 0.15) is 36.4 Å². The van der Waals surface area contributed by atoms with Crippen LogP contribution in [0.15, 0.2) is 40.4 Å². The molecular weight excluding hydrogens is 296 g/mol. The average molecular weight is 311 g/mol. The first-order valence-corrected chi connectivity index (χ1v) is 7.19. The summed E-state index contributed by atoms with van der Waals surface area (Å²) in [6, 6.07) is 9.04. The summed E-state index contributed by atoms with van der Waals surface area (Å²) in [5.74, 6) is 0. The van der Waals surface area contributed by atoms with Crippen molar-refractivity contribution in [2.45, 2.75) is 25.9 Å². The second-order valence-corrected chi connectivity index (χ2v) is 6.53. The van der Waals surface area contributed by atoms with Crippen molar-refractivity contribution in [1.29, 1.82) is 0 Å². The van der Waals surface area contributed by atoms with Crippen LogP contribution in [0, 0.1) is 0 Å². The monoisotopic (exact) mass is 310 g/mol. The Kier molecular flexibility index (Phi) is 4.31. The molecule has 0 bridgehead atoms. The molecule has 0 spiro atoms. The smallest absolute Gasteiger partial charge is 0.0701 e. The lowest BCUT2D eigenvalue weighted by atomic mass is 10.1. The van der Waals surface area contributed by atoms with Gasteiger partial charge in [-0.2, -0.15) is 0 Å².